The van der Waals surface area contributed by atoms with E-state index in [0.717, 1.165) is 33.8 Å². The van der Waals surface area contributed by atoms with Crippen LogP contribution in [0.3, 0.4) is 0 Å². The van der Waals surface area contributed by atoms with Gasteiger partial charge < -0.3 is 20.5 Å². The number of benzene rings is 2. The molecule has 2 amide bonds. The Labute approximate surface area is 205 Å². The second-order valence-electron chi connectivity index (χ2n) is 8.57. The van der Waals surface area contributed by atoms with Crippen LogP contribution in [0.4, 0.5) is 9.80 Å². The maximum absolute atomic E-state index is 12.6. The first-order chi connectivity index (χ1) is 16.9. The summed E-state index contributed by atoms with van der Waals surface area (Å²) in [5.41, 5.74) is 4.95. The van der Waals surface area contributed by atoms with Crippen LogP contribution in [0.25, 0.3) is 11.1 Å². The predicted molar refractivity (Wildman–Crippen MR) is 132 cm³/mol. The molecular formula is C26H23N3O5S. The number of anilines is 1. The third-order valence-electron chi connectivity index (χ3n) is 6.38. The Morgan fingerprint density at radius 2 is 1.71 bits per heavy atom. The fraction of sp³-hybridized carbons (Fsp3) is 0.231. The zero-order valence-corrected chi connectivity index (χ0v) is 19.7. The SMILES string of the molecule is Cc1nsc(NC(=O)C2C=CC(NC(=O)OCC3c4ccccc4-c4ccccc43)C2)c1C(=O)O. The molecule has 1 aromatic heterocycles. The Balaban J connectivity index is 1.16. The van der Waals surface area contributed by atoms with Gasteiger partial charge in [-0.05, 0) is 47.1 Å². The van der Waals surface area contributed by atoms with Crippen LogP contribution in [-0.2, 0) is 9.53 Å². The molecule has 3 aromatic rings. The number of fused-ring (bicyclic) bond motifs is 3. The number of aryl methyl sites for hydroxylation is 1. The number of nitrogens with one attached hydrogen (secondary N) is 2. The molecule has 2 aromatic carbocycles. The van der Waals surface area contributed by atoms with Gasteiger partial charge in [-0.2, -0.15) is 4.37 Å². The van der Waals surface area contributed by atoms with Gasteiger partial charge in [-0.3, -0.25) is 4.79 Å². The molecule has 5 rings (SSSR count). The van der Waals surface area contributed by atoms with Crippen molar-refractivity contribution < 1.29 is 24.2 Å². The lowest BCUT2D eigenvalue weighted by Gasteiger charge is -2.17. The molecule has 8 nitrogen and oxygen atoms in total. The summed E-state index contributed by atoms with van der Waals surface area (Å²) in [6.07, 6.45) is 3.27. The molecule has 0 aliphatic heterocycles. The first kappa shape index (κ1) is 22.8. The monoisotopic (exact) mass is 489 g/mol. The van der Waals surface area contributed by atoms with Gasteiger partial charge in [-0.15, -0.1) is 0 Å². The molecule has 35 heavy (non-hydrogen) atoms. The number of carbonyl (C=O) groups is 3. The van der Waals surface area contributed by atoms with Crippen molar-refractivity contribution in [3.05, 3.63) is 83.1 Å². The van der Waals surface area contributed by atoms with Crippen molar-refractivity contribution in [3.63, 3.8) is 0 Å². The van der Waals surface area contributed by atoms with Crippen molar-refractivity contribution in [2.75, 3.05) is 11.9 Å². The molecule has 0 saturated carbocycles. The van der Waals surface area contributed by atoms with Gasteiger partial charge in [0.05, 0.1) is 17.7 Å². The molecule has 3 N–H and O–H groups in total. The summed E-state index contributed by atoms with van der Waals surface area (Å²) in [5, 5.41) is 15.0. The number of aromatic nitrogens is 1. The zero-order valence-electron chi connectivity index (χ0n) is 18.9. The maximum Gasteiger partial charge on any atom is 0.407 e. The second-order valence-corrected chi connectivity index (χ2v) is 9.34. The minimum absolute atomic E-state index is 0.00126. The van der Waals surface area contributed by atoms with E-state index in [0.29, 0.717) is 12.1 Å². The number of aromatic carboxylic acids is 1. The number of ether oxygens (including phenoxy) is 1. The molecule has 0 saturated heterocycles. The molecule has 0 spiro atoms. The minimum Gasteiger partial charge on any atom is -0.478 e. The van der Waals surface area contributed by atoms with Gasteiger partial charge in [0.2, 0.25) is 5.91 Å². The van der Waals surface area contributed by atoms with Gasteiger partial charge in [0.25, 0.3) is 0 Å². The lowest BCUT2D eigenvalue weighted by molar-refractivity contribution is -0.118. The molecule has 0 radical (unpaired) electrons. The lowest BCUT2D eigenvalue weighted by atomic mass is 9.98. The first-order valence-electron chi connectivity index (χ1n) is 11.2. The van der Waals surface area contributed by atoms with Crippen LogP contribution >= 0.6 is 11.5 Å². The van der Waals surface area contributed by atoms with E-state index in [2.05, 4.69) is 39.3 Å². The van der Waals surface area contributed by atoms with E-state index in [4.69, 9.17) is 4.74 Å². The smallest absolute Gasteiger partial charge is 0.407 e. The van der Waals surface area contributed by atoms with Crippen LogP contribution in [0.15, 0.2) is 60.7 Å². The minimum atomic E-state index is -1.14. The van der Waals surface area contributed by atoms with E-state index in [1.807, 2.05) is 24.3 Å². The standard InChI is InChI=1S/C26H23N3O5S/c1-14-22(25(31)32)24(35-29-14)28-23(30)15-10-11-16(12-15)27-26(33)34-13-21-19-8-4-2-6-17(19)18-7-3-5-9-20(18)21/h2-11,15-16,21H,12-13H2,1H3,(H,27,33)(H,28,30)(H,31,32). The Morgan fingerprint density at radius 3 is 2.37 bits per heavy atom. The number of nitrogens with zero attached hydrogens (tertiary/aromatic N) is 1. The largest absolute Gasteiger partial charge is 0.478 e. The van der Waals surface area contributed by atoms with Crippen LogP contribution in [0, 0.1) is 12.8 Å². The molecule has 2 unspecified atom stereocenters. The molecule has 2 aliphatic rings. The average molecular weight is 490 g/mol. The summed E-state index contributed by atoms with van der Waals surface area (Å²) in [7, 11) is 0. The van der Waals surface area contributed by atoms with E-state index in [-0.39, 0.29) is 35.0 Å². The molecule has 178 valence electrons. The van der Waals surface area contributed by atoms with Gasteiger partial charge in [0.1, 0.15) is 17.2 Å². The van der Waals surface area contributed by atoms with Crippen LogP contribution in [0.2, 0.25) is 0 Å². The summed E-state index contributed by atoms with van der Waals surface area (Å²) in [6, 6.07) is 15.9. The summed E-state index contributed by atoms with van der Waals surface area (Å²) >= 11 is 0.935. The lowest BCUT2D eigenvalue weighted by Crippen LogP contribution is -2.35. The van der Waals surface area contributed by atoms with E-state index in [1.165, 1.54) is 0 Å². The Bertz CT molecular complexity index is 1300. The third-order valence-corrected chi connectivity index (χ3v) is 7.23. The van der Waals surface area contributed by atoms with Crippen LogP contribution in [-0.4, -0.2) is 40.1 Å². The zero-order chi connectivity index (χ0) is 24.5. The highest BCUT2D eigenvalue weighted by Gasteiger charge is 2.31. The van der Waals surface area contributed by atoms with Crippen molar-refractivity contribution in [3.8, 4) is 11.1 Å². The summed E-state index contributed by atoms with van der Waals surface area (Å²) < 4.78 is 9.59. The van der Waals surface area contributed by atoms with Gasteiger partial charge in [0.15, 0.2) is 0 Å². The number of hydrogen-bond acceptors (Lipinski definition) is 6. The van der Waals surface area contributed by atoms with Gasteiger partial charge in [-0.1, -0.05) is 60.7 Å². The molecule has 2 atom stereocenters. The van der Waals surface area contributed by atoms with Crippen molar-refractivity contribution in [1.82, 2.24) is 9.69 Å². The normalized spacial score (nSPS) is 18.1. The van der Waals surface area contributed by atoms with Crippen LogP contribution in [0.1, 0.15) is 39.5 Å². The fourth-order valence-corrected chi connectivity index (χ4v) is 5.50. The fourth-order valence-electron chi connectivity index (χ4n) is 4.70. The van der Waals surface area contributed by atoms with Gasteiger partial charge in [-0.25, -0.2) is 9.59 Å². The average Bonchev–Trinajstić information content (AvgIpc) is 3.54. The van der Waals surface area contributed by atoms with Crippen molar-refractivity contribution >= 4 is 34.5 Å². The maximum atomic E-state index is 12.6. The topological polar surface area (TPSA) is 118 Å². The van der Waals surface area contributed by atoms with Crippen molar-refractivity contribution in [1.29, 1.82) is 0 Å². The Hall–Kier alpha value is -3.98. The number of rotatable bonds is 6. The van der Waals surface area contributed by atoms with E-state index in [9.17, 15) is 19.5 Å². The number of carbonyl (C=O) groups excluding carboxylic acids is 2. The molecule has 0 fully saturated rings. The van der Waals surface area contributed by atoms with Gasteiger partial charge >= 0.3 is 12.1 Å². The second kappa shape index (κ2) is 9.34. The van der Waals surface area contributed by atoms with Crippen molar-refractivity contribution in [2.45, 2.75) is 25.3 Å². The number of hydrogen-bond donors (Lipinski definition) is 3. The first-order valence-corrected chi connectivity index (χ1v) is 12.0. The highest BCUT2D eigenvalue weighted by atomic mass is 32.1. The van der Waals surface area contributed by atoms with E-state index >= 15 is 0 Å². The molecule has 1 heterocycles. The Kier molecular flexibility index (Phi) is 6.08. The summed E-state index contributed by atoms with van der Waals surface area (Å²) in [4.78, 5) is 36.6. The molecule has 9 heteroatoms. The predicted octanol–water partition coefficient (Wildman–Crippen LogP) is 4.57. The van der Waals surface area contributed by atoms with Gasteiger partial charge in [0, 0.05) is 5.92 Å². The Morgan fingerprint density at radius 1 is 1.06 bits per heavy atom. The summed E-state index contributed by atoms with van der Waals surface area (Å²) in [6.45, 7) is 1.79. The molecule has 0 bridgehead atoms. The number of carboxylic acid groups (broad SMARTS) is 1. The summed E-state index contributed by atoms with van der Waals surface area (Å²) in [5.74, 6) is -2.01. The van der Waals surface area contributed by atoms with E-state index < -0.39 is 18.0 Å². The van der Waals surface area contributed by atoms with Crippen LogP contribution < -0.4 is 10.6 Å². The quantitative estimate of drug-likeness (QED) is 0.437. The highest BCUT2D eigenvalue weighted by molar-refractivity contribution is 7.11. The third kappa shape index (κ3) is 4.42. The molecule has 2 aliphatic carbocycles. The molecular weight excluding hydrogens is 466 g/mol. The highest BCUT2D eigenvalue weighted by Crippen LogP contribution is 2.44. The van der Waals surface area contributed by atoms with Crippen molar-refractivity contribution in [2.24, 2.45) is 5.92 Å². The van der Waals surface area contributed by atoms with Crippen LogP contribution in [0.5, 0.6) is 0 Å². The number of alkyl carbamates (subject to hydrolysis) is 1. The van der Waals surface area contributed by atoms with E-state index in [1.54, 1.807) is 19.1 Å². The number of amides is 2. The number of carboxylic acids is 1.